The molecule has 0 aliphatic rings. The summed E-state index contributed by atoms with van der Waals surface area (Å²) in [5.41, 5.74) is 3.11. The molecular formula is C17H13F3N2. The number of aromatic nitrogens is 2. The Morgan fingerprint density at radius 2 is 1.64 bits per heavy atom. The van der Waals surface area contributed by atoms with E-state index in [4.69, 9.17) is 0 Å². The standard InChI is InChI=1S/C17H13F3N2/c1-10-3-4-11(2)21-16(10)15-7-5-12-9-13(17(18,19)20)6-8-14(12)22-15/h3-9H,1-2H3. The van der Waals surface area contributed by atoms with E-state index in [1.165, 1.54) is 6.07 Å². The van der Waals surface area contributed by atoms with Crippen LogP contribution < -0.4 is 0 Å². The monoisotopic (exact) mass is 302 g/mol. The van der Waals surface area contributed by atoms with Crippen molar-refractivity contribution in [3.05, 3.63) is 59.3 Å². The van der Waals surface area contributed by atoms with Crippen LogP contribution in [0, 0.1) is 13.8 Å². The van der Waals surface area contributed by atoms with Gasteiger partial charge < -0.3 is 0 Å². The maximum Gasteiger partial charge on any atom is 0.416 e. The SMILES string of the molecule is Cc1ccc(C)c(-c2ccc3cc(C(F)(F)F)ccc3n2)n1. The third-order valence-electron chi connectivity index (χ3n) is 3.50. The molecule has 0 aliphatic carbocycles. The second-order valence-electron chi connectivity index (χ2n) is 5.22. The summed E-state index contributed by atoms with van der Waals surface area (Å²) in [5.74, 6) is 0. The van der Waals surface area contributed by atoms with E-state index < -0.39 is 11.7 Å². The Morgan fingerprint density at radius 3 is 2.36 bits per heavy atom. The van der Waals surface area contributed by atoms with Crippen molar-refractivity contribution in [2.75, 3.05) is 0 Å². The van der Waals surface area contributed by atoms with Gasteiger partial charge in [0.05, 0.1) is 22.5 Å². The summed E-state index contributed by atoms with van der Waals surface area (Å²) in [5, 5.41) is 0.462. The topological polar surface area (TPSA) is 25.8 Å². The van der Waals surface area contributed by atoms with Crippen molar-refractivity contribution >= 4 is 10.9 Å². The first kappa shape index (κ1) is 14.5. The van der Waals surface area contributed by atoms with Crippen molar-refractivity contribution in [1.82, 2.24) is 9.97 Å². The molecule has 0 bridgehead atoms. The van der Waals surface area contributed by atoms with Crippen molar-refractivity contribution in [2.24, 2.45) is 0 Å². The minimum Gasteiger partial charge on any atom is -0.251 e. The van der Waals surface area contributed by atoms with Gasteiger partial charge in [0.2, 0.25) is 0 Å². The predicted molar refractivity (Wildman–Crippen MR) is 79.5 cm³/mol. The number of hydrogen-bond donors (Lipinski definition) is 0. The number of halogens is 3. The Bertz CT molecular complexity index is 854. The van der Waals surface area contributed by atoms with E-state index in [2.05, 4.69) is 9.97 Å². The fourth-order valence-corrected chi connectivity index (χ4v) is 2.32. The fourth-order valence-electron chi connectivity index (χ4n) is 2.32. The maximum atomic E-state index is 12.7. The van der Waals surface area contributed by atoms with Crippen LogP contribution in [0.3, 0.4) is 0 Å². The molecule has 2 nitrogen and oxygen atoms in total. The van der Waals surface area contributed by atoms with Gasteiger partial charge in [0.1, 0.15) is 0 Å². The molecule has 3 aromatic rings. The van der Waals surface area contributed by atoms with E-state index >= 15 is 0 Å². The van der Waals surface area contributed by atoms with Crippen LogP contribution in [-0.2, 0) is 6.18 Å². The number of rotatable bonds is 1. The number of alkyl halides is 3. The van der Waals surface area contributed by atoms with Crippen molar-refractivity contribution in [2.45, 2.75) is 20.0 Å². The van der Waals surface area contributed by atoms with Crippen LogP contribution in [0.4, 0.5) is 13.2 Å². The molecule has 2 heterocycles. The Balaban J connectivity index is 2.13. The van der Waals surface area contributed by atoms with E-state index in [0.29, 0.717) is 16.6 Å². The molecule has 0 N–H and O–H groups in total. The van der Waals surface area contributed by atoms with Gasteiger partial charge in [-0.05, 0) is 49.7 Å². The largest absolute Gasteiger partial charge is 0.416 e. The van der Waals surface area contributed by atoms with Crippen molar-refractivity contribution in [3.63, 3.8) is 0 Å². The van der Waals surface area contributed by atoms with Crippen LogP contribution in [0.2, 0.25) is 0 Å². The van der Waals surface area contributed by atoms with E-state index in [-0.39, 0.29) is 0 Å². The first-order chi connectivity index (χ1) is 10.3. The zero-order chi connectivity index (χ0) is 15.9. The van der Waals surface area contributed by atoms with Crippen molar-refractivity contribution in [1.29, 1.82) is 0 Å². The molecule has 0 amide bonds. The van der Waals surface area contributed by atoms with Crippen LogP contribution in [0.15, 0.2) is 42.5 Å². The van der Waals surface area contributed by atoms with Gasteiger partial charge in [0, 0.05) is 11.1 Å². The highest BCUT2D eigenvalue weighted by Gasteiger charge is 2.30. The van der Waals surface area contributed by atoms with Crippen LogP contribution in [0.5, 0.6) is 0 Å². The molecule has 3 rings (SSSR count). The van der Waals surface area contributed by atoms with E-state index in [0.717, 1.165) is 29.1 Å². The van der Waals surface area contributed by atoms with Gasteiger partial charge in [0.25, 0.3) is 0 Å². The number of aryl methyl sites for hydroxylation is 2. The third-order valence-corrected chi connectivity index (χ3v) is 3.50. The zero-order valence-electron chi connectivity index (χ0n) is 12.1. The molecule has 2 aromatic heterocycles. The molecule has 0 unspecified atom stereocenters. The average Bonchev–Trinajstić information content (AvgIpc) is 2.47. The lowest BCUT2D eigenvalue weighted by atomic mass is 10.1. The number of pyridine rings is 2. The molecule has 0 atom stereocenters. The van der Waals surface area contributed by atoms with Gasteiger partial charge in [-0.1, -0.05) is 12.1 Å². The lowest BCUT2D eigenvalue weighted by Gasteiger charge is -2.09. The smallest absolute Gasteiger partial charge is 0.251 e. The molecule has 0 aliphatic heterocycles. The quantitative estimate of drug-likeness (QED) is 0.637. The minimum absolute atomic E-state index is 0.462. The summed E-state index contributed by atoms with van der Waals surface area (Å²) in [6, 6.07) is 10.8. The molecule has 0 fully saturated rings. The summed E-state index contributed by atoms with van der Waals surface area (Å²) in [6.07, 6.45) is -4.35. The van der Waals surface area contributed by atoms with Crippen molar-refractivity contribution < 1.29 is 13.2 Å². The average molecular weight is 302 g/mol. The minimum atomic E-state index is -4.35. The second-order valence-corrected chi connectivity index (χ2v) is 5.22. The first-order valence-corrected chi connectivity index (χ1v) is 6.77. The van der Waals surface area contributed by atoms with E-state index in [1.807, 2.05) is 26.0 Å². The molecular weight excluding hydrogens is 289 g/mol. The molecule has 1 aromatic carbocycles. The predicted octanol–water partition coefficient (Wildman–Crippen LogP) is 4.93. The van der Waals surface area contributed by atoms with Crippen LogP contribution >= 0.6 is 0 Å². The first-order valence-electron chi connectivity index (χ1n) is 6.77. The lowest BCUT2D eigenvalue weighted by Crippen LogP contribution is -2.04. The molecule has 0 spiro atoms. The Hall–Kier alpha value is -2.43. The molecule has 5 heteroatoms. The highest BCUT2D eigenvalue weighted by Crippen LogP contribution is 2.31. The van der Waals surface area contributed by atoms with E-state index in [9.17, 15) is 13.2 Å². The van der Waals surface area contributed by atoms with Crippen molar-refractivity contribution in [3.8, 4) is 11.4 Å². The second kappa shape index (κ2) is 5.09. The molecule has 22 heavy (non-hydrogen) atoms. The van der Waals surface area contributed by atoms with Gasteiger partial charge in [-0.15, -0.1) is 0 Å². The Morgan fingerprint density at radius 1 is 0.864 bits per heavy atom. The number of nitrogens with zero attached hydrogens (tertiary/aromatic N) is 2. The lowest BCUT2D eigenvalue weighted by molar-refractivity contribution is -0.137. The molecule has 0 saturated carbocycles. The summed E-state index contributed by atoms with van der Waals surface area (Å²) >= 11 is 0. The maximum absolute atomic E-state index is 12.7. The van der Waals surface area contributed by atoms with Gasteiger partial charge in [-0.25, -0.2) is 4.98 Å². The molecule has 112 valence electrons. The van der Waals surface area contributed by atoms with Crippen LogP contribution in [0.1, 0.15) is 16.8 Å². The highest BCUT2D eigenvalue weighted by atomic mass is 19.4. The normalized spacial score (nSPS) is 11.9. The van der Waals surface area contributed by atoms with Gasteiger partial charge in [0.15, 0.2) is 0 Å². The molecule has 0 radical (unpaired) electrons. The summed E-state index contributed by atoms with van der Waals surface area (Å²) in [6.45, 7) is 3.82. The summed E-state index contributed by atoms with van der Waals surface area (Å²) in [4.78, 5) is 8.90. The van der Waals surface area contributed by atoms with Crippen LogP contribution in [0.25, 0.3) is 22.3 Å². The number of benzene rings is 1. The summed E-state index contributed by atoms with van der Waals surface area (Å²) in [7, 11) is 0. The van der Waals surface area contributed by atoms with Gasteiger partial charge in [-0.3, -0.25) is 4.98 Å². The Kier molecular flexibility index (Phi) is 3.35. The zero-order valence-corrected chi connectivity index (χ0v) is 12.1. The third kappa shape index (κ3) is 2.66. The van der Waals surface area contributed by atoms with Gasteiger partial charge in [-0.2, -0.15) is 13.2 Å². The fraction of sp³-hybridized carbons (Fsp3) is 0.176. The Labute approximate surface area is 125 Å². The van der Waals surface area contributed by atoms with E-state index in [1.54, 1.807) is 12.1 Å². The van der Waals surface area contributed by atoms with Gasteiger partial charge >= 0.3 is 6.18 Å². The van der Waals surface area contributed by atoms with Crippen LogP contribution in [-0.4, -0.2) is 9.97 Å². The molecule has 0 saturated heterocycles. The number of fused-ring (bicyclic) bond motifs is 1. The number of hydrogen-bond acceptors (Lipinski definition) is 2. The highest BCUT2D eigenvalue weighted by molar-refractivity contribution is 5.82. The summed E-state index contributed by atoms with van der Waals surface area (Å²) < 4.78 is 38.2.